The molecule has 0 saturated carbocycles. The van der Waals surface area contributed by atoms with Crippen molar-refractivity contribution in [2.24, 2.45) is 0 Å². The van der Waals surface area contributed by atoms with Gasteiger partial charge in [0.05, 0.1) is 5.69 Å². The van der Waals surface area contributed by atoms with Crippen molar-refractivity contribution in [3.05, 3.63) is 29.3 Å². The average molecular weight is 209 g/mol. The van der Waals surface area contributed by atoms with Crippen LogP contribution in [0.2, 0.25) is 0 Å². The molecule has 1 heterocycles. The number of rotatable bonds is 0. The van der Waals surface area contributed by atoms with E-state index in [0.717, 1.165) is 5.56 Å². The summed E-state index contributed by atoms with van der Waals surface area (Å²) in [6.45, 7) is 12.1. The van der Waals surface area contributed by atoms with Crippen LogP contribution < -0.4 is 0 Å². The third-order valence-corrected chi connectivity index (χ3v) is 2.42. The van der Waals surface area contributed by atoms with Gasteiger partial charge in [-0.05, 0) is 17.0 Å². The fraction of sp³-hybridized carbons (Fsp3) is 0.615. The van der Waals surface area contributed by atoms with Crippen molar-refractivity contribution >= 4 is 0 Å². The summed E-state index contributed by atoms with van der Waals surface area (Å²) in [7, 11) is 0. The van der Waals surface area contributed by atoms with Crippen molar-refractivity contribution in [1.82, 2.24) is 4.98 Å². The molecule has 0 amide bonds. The molecule has 0 unspecified atom stereocenters. The van der Waals surface area contributed by atoms with E-state index >= 15 is 0 Å². The van der Waals surface area contributed by atoms with Crippen molar-refractivity contribution in [2.75, 3.05) is 0 Å². The lowest BCUT2D eigenvalue weighted by Gasteiger charge is -2.22. The Balaban J connectivity index is 3.21. The van der Waals surface area contributed by atoms with E-state index in [1.807, 2.05) is 20.8 Å². The number of hydrogen-bond acceptors (Lipinski definition) is 1. The highest BCUT2D eigenvalue weighted by Crippen LogP contribution is 2.27. The summed E-state index contributed by atoms with van der Waals surface area (Å²) in [5.41, 5.74) is 1.19. The normalized spacial score (nSPS) is 13.0. The molecule has 0 spiro atoms. The van der Waals surface area contributed by atoms with Crippen LogP contribution in [0.5, 0.6) is 0 Å². The Morgan fingerprint density at radius 1 is 1.00 bits per heavy atom. The van der Waals surface area contributed by atoms with Gasteiger partial charge in [-0.2, -0.15) is 0 Å². The van der Waals surface area contributed by atoms with Gasteiger partial charge in [-0.25, -0.2) is 4.39 Å². The Morgan fingerprint density at radius 2 is 1.53 bits per heavy atom. The van der Waals surface area contributed by atoms with Crippen LogP contribution in [0.4, 0.5) is 4.39 Å². The molecule has 0 saturated heterocycles. The number of halogens is 1. The average Bonchev–Trinajstić information content (AvgIpc) is 1.99. The predicted octanol–water partition coefficient (Wildman–Crippen LogP) is 3.82. The van der Waals surface area contributed by atoms with Crippen molar-refractivity contribution in [1.29, 1.82) is 0 Å². The maximum Gasteiger partial charge on any atom is 0.145 e. The van der Waals surface area contributed by atoms with Crippen molar-refractivity contribution in [2.45, 2.75) is 52.4 Å². The van der Waals surface area contributed by atoms with Gasteiger partial charge in [0, 0.05) is 11.6 Å². The molecule has 15 heavy (non-hydrogen) atoms. The highest BCUT2D eigenvalue weighted by molar-refractivity contribution is 5.25. The molecule has 1 rings (SSSR count). The second kappa shape index (κ2) is 3.58. The van der Waals surface area contributed by atoms with Gasteiger partial charge >= 0.3 is 0 Å². The van der Waals surface area contributed by atoms with Gasteiger partial charge in [-0.1, -0.05) is 41.5 Å². The summed E-state index contributed by atoms with van der Waals surface area (Å²) < 4.78 is 13.8. The highest BCUT2D eigenvalue weighted by Gasteiger charge is 2.22. The van der Waals surface area contributed by atoms with Crippen molar-refractivity contribution in [3.8, 4) is 0 Å². The van der Waals surface area contributed by atoms with Crippen LogP contribution in [0.3, 0.4) is 0 Å². The van der Waals surface area contributed by atoms with Crippen LogP contribution >= 0.6 is 0 Å². The standard InChI is InChI=1S/C13H20FN/c1-12(2,3)9-7-10(14)11(15-8-9)13(4,5)6/h7-8H,1-6H3. The molecule has 1 aromatic rings. The lowest BCUT2D eigenvalue weighted by Crippen LogP contribution is -2.19. The second-order valence-electron chi connectivity index (χ2n) is 6.05. The molecule has 2 heteroatoms. The first-order valence-corrected chi connectivity index (χ1v) is 5.29. The maximum atomic E-state index is 13.8. The maximum absolute atomic E-state index is 13.8. The Bertz CT molecular complexity index is 356. The fourth-order valence-electron chi connectivity index (χ4n) is 1.40. The Labute approximate surface area is 91.7 Å². The third kappa shape index (κ3) is 2.77. The Kier molecular flexibility index (Phi) is 2.90. The van der Waals surface area contributed by atoms with Crippen LogP contribution in [0, 0.1) is 5.82 Å². The summed E-state index contributed by atoms with van der Waals surface area (Å²) in [5, 5.41) is 0. The molecule has 1 aromatic heterocycles. The largest absolute Gasteiger partial charge is 0.257 e. The molecule has 0 fully saturated rings. The van der Waals surface area contributed by atoms with E-state index in [1.54, 1.807) is 12.3 Å². The number of hydrogen-bond donors (Lipinski definition) is 0. The minimum Gasteiger partial charge on any atom is -0.257 e. The molecule has 84 valence electrons. The summed E-state index contributed by atoms with van der Waals surface area (Å²) in [6, 6.07) is 1.60. The molecule has 0 aliphatic rings. The zero-order valence-corrected chi connectivity index (χ0v) is 10.5. The lowest BCUT2D eigenvalue weighted by atomic mass is 9.86. The van der Waals surface area contributed by atoms with Crippen molar-refractivity contribution in [3.63, 3.8) is 0 Å². The van der Waals surface area contributed by atoms with Gasteiger partial charge in [0.2, 0.25) is 0 Å². The van der Waals surface area contributed by atoms with Gasteiger partial charge in [0.25, 0.3) is 0 Å². The van der Waals surface area contributed by atoms with Gasteiger partial charge in [-0.3, -0.25) is 4.98 Å². The first-order valence-electron chi connectivity index (χ1n) is 5.29. The zero-order valence-electron chi connectivity index (χ0n) is 10.5. The molecule has 0 atom stereocenters. The van der Waals surface area contributed by atoms with Crippen LogP contribution in [0.1, 0.15) is 52.8 Å². The summed E-state index contributed by atoms with van der Waals surface area (Å²) >= 11 is 0. The van der Waals surface area contributed by atoms with E-state index in [9.17, 15) is 4.39 Å². The lowest BCUT2D eigenvalue weighted by molar-refractivity contribution is 0.493. The van der Waals surface area contributed by atoms with Crippen LogP contribution in [0.15, 0.2) is 12.3 Å². The number of aromatic nitrogens is 1. The summed E-state index contributed by atoms with van der Waals surface area (Å²) in [4.78, 5) is 4.24. The van der Waals surface area contributed by atoms with Crippen LogP contribution in [-0.4, -0.2) is 4.98 Å². The first-order chi connectivity index (χ1) is 6.62. The molecule has 0 radical (unpaired) electrons. The molecule has 0 aliphatic heterocycles. The summed E-state index contributed by atoms with van der Waals surface area (Å²) in [6.07, 6.45) is 1.78. The third-order valence-electron chi connectivity index (χ3n) is 2.42. The quantitative estimate of drug-likeness (QED) is 0.633. The van der Waals surface area contributed by atoms with E-state index in [1.165, 1.54) is 0 Å². The number of pyridine rings is 1. The minimum absolute atomic E-state index is 0.0513. The highest BCUT2D eigenvalue weighted by atomic mass is 19.1. The molecule has 0 N–H and O–H groups in total. The molecule has 0 aliphatic carbocycles. The van der Waals surface area contributed by atoms with E-state index in [0.29, 0.717) is 5.69 Å². The van der Waals surface area contributed by atoms with Crippen molar-refractivity contribution < 1.29 is 4.39 Å². The molecular formula is C13H20FN. The van der Waals surface area contributed by atoms with Gasteiger partial charge in [0.15, 0.2) is 0 Å². The molecule has 0 bridgehead atoms. The summed E-state index contributed by atoms with van der Waals surface area (Å²) in [5.74, 6) is -0.199. The SMILES string of the molecule is CC(C)(C)c1cnc(C(C)(C)C)c(F)c1. The van der Waals surface area contributed by atoms with Gasteiger partial charge < -0.3 is 0 Å². The van der Waals surface area contributed by atoms with Crippen LogP contribution in [-0.2, 0) is 10.8 Å². The number of nitrogens with zero attached hydrogens (tertiary/aromatic N) is 1. The van der Waals surface area contributed by atoms with E-state index in [2.05, 4.69) is 25.8 Å². The van der Waals surface area contributed by atoms with Gasteiger partial charge in [-0.15, -0.1) is 0 Å². The predicted molar refractivity (Wildman–Crippen MR) is 61.6 cm³/mol. The molecular weight excluding hydrogens is 189 g/mol. The molecule has 0 aromatic carbocycles. The minimum atomic E-state index is -0.236. The van der Waals surface area contributed by atoms with Crippen LogP contribution in [0.25, 0.3) is 0 Å². The molecule has 1 nitrogen and oxygen atoms in total. The topological polar surface area (TPSA) is 12.9 Å². The zero-order chi connectivity index (χ0) is 11.9. The monoisotopic (exact) mass is 209 g/mol. The smallest absolute Gasteiger partial charge is 0.145 e. The second-order valence-corrected chi connectivity index (χ2v) is 6.05. The van der Waals surface area contributed by atoms with E-state index in [4.69, 9.17) is 0 Å². The first kappa shape index (κ1) is 12.2. The van der Waals surface area contributed by atoms with E-state index < -0.39 is 0 Å². The fourth-order valence-corrected chi connectivity index (χ4v) is 1.40. The van der Waals surface area contributed by atoms with Gasteiger partial charge in [0.1, 0.15) is 5.82 Å². The Hall–Kier alpha value is -0.920. The van der Waals surface area contributed by atoms with E-state index in [-0.39, 0.29) is 16.6 Å². The Morgan fingerprint density at radius 3 is 1.87 bits per heavy atom.